The van der Waals surface area contributed by atoms with Crippen LogP contribution in [0.5, 0.6) is 5.75 Å². The van der Waals surface area contributed by atoms with E-state index in [2.05, 4.69) is 10.4 Å². The summed E-state index contributed by atoms with van der Waals surface area (Å²) in [6.45, 7) is 1.96. The molecule has 0 radical (unpaired) electrons. The third-order valence-corrected chi connectivity index (χ3v) is 3.63. The van der Waals surface area contributed by atoms with Gasteiger partial charge in [-0.2, -0.15) is 0 Å². The highest BCUT2D eigenvalue weighted by molar-refractivity contribution is 7.09. The molecule has 1 aromatic heterocycles. The molecule has 1 aromatic carbocycles. The molecule has 0 spiro atoms. The number of nitrogens with one attached hydrogen (secondary N) is 1. The van der Waals surface area contributed by atoms with Crippen LogP contribution in [0.15, 0.2) is 23.6 Å². The summed E-state index contributed by atoms with van der Waals surface area (Å²) in [6.07, 6.45) is 0. The van der Waals surface area contributed by atoms with Crippen molar-refractivity contribution in [2.75, 3.05) is 7.11 Å². The molecule has 4 nitrogen and oxygen atoms in total. The lowest BCUT2D eigenvalue weighted by atomic mass is 10.0. The van der Waals surface area contributed by atoms with Crippen LogP contribution < -0.4 is 16.0 Å². The van der Waals surface area contributed by atoms with Gasteiger partial charge >= 0.3 is 0 Å². The van der Waals surface area contributed by atoms with Gasteiger partial charge in [0.05, 0.1) is 23.9 Å². The van der Waals surface area contributed by atoms with E-state index >= 15 is 0 Å². The van der Waals surface area contributed by atoms with Crippen molar-refractivity contribution in [3.63, 3.8) is 0 Å². The fraction of sp³-hybridized carbons (Fsp3) is 0.250. The lowest BCUT2D eigenvalue weighted by Gasteiger charge is -2.17. The number of halogens is 1. The lowest BCUT2D eigenvalue weighted by molar-refractivity contribution is 0.404. The minimum absolute atomic E-state index is 0.233. The Balaban J connectivity index is 2.47. The Morgan fingerprint density at radius 3 is 2.83 bits per heavy atom. The average Bonchev–Trinajstić information content (AvgIpc) is 2.77. The minimum atomic E-state index is -0.233. The smallest absolute Gasteiger partial charge is 0.124 e. The van der Waals surface area contributed by atoms with Gasteiger partial charge < -0.3 is 4.74 Å². The molecule has 0 aliphatic rings. The Hall–Kier alpha value is -1.14. The molecule has 18 heavy (non-hydrogen) atoms. The van der Waals surface area contributed by atoms with Crippen molar-refractivity contribution in [3.8, 4) is 5.75 Å². The summed E-state index contributed by atoms with van der Waals surface area (Å²) in [5.74, 6) is 6.37. The summed E-state index contributed by atoms with van der Waals surface area (Å²) in [6, 6.07) is 5.20. The summed E-state index contributed by atoms with van der Waals surface area (Å²) in [5, 5.41) is 3.60. The topological polar surface area (TPSA) is 60.2 Å². The molecule has 3 N–H and O–H groups in total. The molecule has 1 atom stereocenters. The Bertz CT molecular complexity index is 544. The number of thiazole rings is 1. The number of hydrazine groups is 1. The van der Waals surface area contributed by atoms with Crippen molar-refractivity contribution in [2.45, 2.75) is 13.0 Å². The highest BCUT2D eigenvalue weighted by Crippen LogP contribution is 2.32. The first-order valence-electron chi connectivity index (χ1n) is 5.37. The lowest BCUT2D eigenvalue weighted by Crippen LogP contribution is -2.29. The maximum Gasteiger partial charge on any atom is 0.124 e. The number of aryl methyl sites for hydroxylation is 1. The Kier molecular flexibility index (Phi) is 4.19. The first-order valence-corrected chi connectivity index (χ1v) is 6.63. The minimum Gasteiger partial charge on any atom is -0.496 e. The van der Waals surface area contributed by atoms with Gasteiger partial charge in [-0.1, -0.05) is 11.6 Å². The molecule has 0 aliphatic carbocycles. The second-order valence-corrected chi connectivity index (χ2v) is 5.28. The van der Waals surface area contributed by atoms with E-state index in [0.29, 0.717) is 5.02 Å². The summed E-state index contributed by atoms with van der Waals surface area (Å²) >= 11 is 7.61. The van der Waals surface area contributed by atoms with Crippen LogP contribution in [0.2, 0.25) is 5.02 Å². The molecule has 0 fully saturated rings. The molecule has 6 heteroatoms. The monoisotopic (exact) mass is 283 g/mol. The third kappa shape index (κ3) is 2.64. The fourth-order valence-electron chi connectivity index (χ4n) is 1.78. The van der Waals surface area contributed by atoms with E-state index in [1.807, 2.05) is 24.4 Å². The number of benzene rings is 1. The van der Waals surface area contributed by atoms with Crippen LogP contribution in [-0.2, 0) is 0 Å². The maximum absolute atomic E-state index is 6.03. The summed E-state index contributed by atoms with van der Waals surface area (Å²) in [7, 11) is 1.62. The molecule has 1 heterocycles. The zero-order chi connectivity index (χ0) is 13.1. The van der Waals surface area contributed by atoms with Crippen molar-refractivity contribution in [2.24, 2.45) is 5.84 Å². The van der Waals surface area contributed by atoms with Gasteiger partial charge in [0, 0.05) is 16.0 Å². The van der Waals surface area contributed by atoms with E-state index in [1.54, 1.807) is 24.5 Å². The third-order valence-electron chi connectivity index (χ3n) is 2.60. The molecule has 0 bridgehead atoms. The van der Waals surface area contributed by atoms with Gasteiger partial charge in [0.25, 0.3) is 0 Å². The standard InChI is InChI=1S/C12H14ClN3OS/c1-7-15-10(6-18-7)12(16-14)9-5-8(13)3-4-11(9)17-2/h3-6,12,16H,14H2,1-2H3. The van der Waals surface area contributed by atoms with Gasteiger partial charge in [0.15, 0.2) is 0 Å². The normalized spacial score (nSPS) is 12.4. The van der Waals surface area contributed by atoms with Crippen LogP contribution in [0.4, 0.5) is 0 Å². The van der Waals surface area contributed by atoms with Crippen molar-refractivity contribution in [1.29, 1.82) is 0 Å². The molecule has 0 saturated heterocycles. The Morgan fingerprint density at radius 1 is 1.50 bits per heavy atom. The predicted molar refractivity (Wildman–Crippen MR) is 74.0 cm³/mol. The van der Waals surface area contributed by atoms with Crippen LogP contribution in [0.1, 0.15) is 22.3 Å². The number of rotatable bonds is 4. The van der Waals surface area contributed by atoms with Gasteiger partial charge in [0.1, 0.15) is 5.75 Å². The van der Waals surface area contributed by atoms with Crippen LogP contribution in [0, 0.1) is 6.92 Å². The van der Waals surface area contributed by atoms with Crippen LogP contribution in [0.25, 0.3) is 0 Å². The molecule has 2 rings (SSSR count). The van der Waals surface area contributed by atoms with Crippen molar-refractivity contribution >= 4 is 22.9 Å². The second-order valence-electron chi connectivity index (χ2n) is 3.78. The predicted octanol–water partition coefficient (Wildman–Crippen LogP) is 2.67. The van der Waals surface area contributed by atoms with Crippen LogP contribution >= 0.6 is 22.9 Å². The van der Waals surface area contributed by atoms with E-state index < -0.39 is 0 Å². The fourth-order valence-corrected chi connectivity index (χ4v) is 2.60. The largest absolute Gasteiger partial charge is 0.496 e. The SMILES string of the molecule is COc1ccc(Cl)cc1C(NN)c1csc(C)n1. The first-order chi connectivity index (χ1) is 8.65. The van der Waals surface area contributed by atoms with Crippen LogP contribution in [-0.4, -0.2) is 12.1 Å². The number of ether oxygens (including phenoxy) is 1. The summed E-state index contributed by atoms with van der Waals surface area (Å²) in [4.78, 5) is 4.44. The molecule has 0 aliphatic heterocycles. The average molecular weight is 284 g/mol. The molecular formula is C12H14ClN3OS. The Labute approximate surface area is 115 Å². The number of hydrogen-bond acceptors (Lipinski definition) is 5. The van der Waals surface area contributed by atoms with Gasteiger partial charge in [0.2, 0.25) is 0 Å². The van der Waals surface area contributed by atoms with Crippen LogP contribution in [0.3, 0.4) is 0 Å². The van der Waals surface area contributed by atoms with Crippen molar-refractivity contribution in [1.82, 2.24) is 10.4 Å². The van der Waals surface area contributed by atoms with Crippen molar-refractivity contribution < 1.29 is 4.74 Å². The maximum atomic E-state index is 6.03. The molecule has 0 saturated carbocycles. The first kappa shape index (κ1) is 13.3. The van der Waals surface area contributed by atoms with E-state index in [4.69, 9.17) is 22.2 Å². The van der Waals surface area contributed by atoms with E-state index in [-0.39, 0.29) is 6.04 Å². The zero-order valence-electron chi connectivity index (χ0n) is 10.1. The van der Waals surface area contributed by atoms with Gasteiger partial charge in [-0.15, -0.1) is 11.3 Å². The number of methoxy groups -OCH3 is 1. The molecule has 1 unspecified atom stereocenters. The van der Waals surface area contributed by atoms with Gasteiger partial charge in [-0.3, -0.25) is 5.84 Å². The number of hydrogen-bond donors (Lipinski definition) is 2. The number of nitrogens with two attached hydrogens (primary N) is 1. The number of nitrogens with zero attached hydrogens (tertiary/aromatic N) is 1. The van der Waals surface area contributed by atoms with Crippen molar-refractivity contribution in [3.05, 3.63) is 44.9 Å². The quantitative estimate of drug-likeness (QED) is 0.669. The van der Waals surface area contributed by atoms with E-state index in [1.165, 1.54) is 0 Å². The summed E-state index contributed by atoms with van der Waals surface area (Å²) in [5.41, 5.74) is 4.49. The Morgan fingerprint density at radius 2 is 2.28 bits per heavy atom. The molecule has 0 amide bonds. The molecule has 96 valence electrons. The van der Waals surface area contributed by atoms with E-state index in [0.717, 1.165) is 22.0 Å². The highest BCUT2D eigenvalue weighted by atomic mass is 35.5. The highest BCUT2D eigenvalue weighted by Gasteiger charge is 2.19. The second kappa shape index (κ2) is 5.67. The van der Waals surface area contributed by atoms with E-state index in [9.17, 15) is 0 Å². The number of aromatic nitrogens is 1. The zero-order valence-corrected chi connectivity index (χ0v) is 11.7. The molecular weight excluding hydrogens is 270 g/mol. The summed E-state index contributed by atoms with van der Waals surface area (Å²) < 4.78 is 5.33. The van der Waals surface area contributed by atoms with Gasteiger partial charge in [-0.05, 0) is 25.1 Å². The van der Waals surface area contributed by atoms with Gasteiger partial charge in [-0.25, -0.2) is 10.4 Å². The molecule has 2 aromatic rings.